The van der Waals surface area contributed by atoms with Crippen LogP contribution < -0.4 is 20.7 Å². The van der Waals surface area contributed by atoms with Crippen molar-refractivity contribution in [3.05, 3.63) is 96.4 Å². The highest BCUT2D eigenvalue weighted by Crippen LogP contribution is 2.36. The van der Waals surface area contributed by atoms with Crippen molar-refractivity contribution in [2.75, 3.05) is 23.6 Å². The summed E-state index contributed by atoms with van der Waals surface area (Å²) in [4.78, 5) is 45.6. The van der Waals surface area contributed by atoms with E-state index in [2.05, 4.69) is 15.4 Å². The molecule has 0 saturated heterocycles. The van der Waals surface area contributed by atoms with Crippen molar-refractivity contribution < 1.29 is 41.4 Å². The number of pyridine rings is 1. The summed E-state index contributed by atoms with van der Waals surface area (Å²) in [6.45, 7) is 9.22. The summed E-state index contributed by atoms with van der Waals surface area (Å²) in [5.74, 6) is -2.06. The first-order valence-corrected chi connectivity index (χ1v) is 20.2. The van der Waals surface area contributed by atoms with Crippen molar-refractivity contribution in [1.29, 1.82) is 0 Å². The lowest BCUT2D eigenvalue weighted by molar-refractivity contribution is -0.171. The van der Waals surface area contributed by atoms with E-state index in [-0.39, 0.29) is 52.3 Å². The van der Waals surface area contributed by atoms with Crippen LogP contribution in [0.15, 0.2) is 90.0 Å². The SMILES string of the molecule is COc1cc(S(C)(=O)=O)ccc1N(C(=O)OC(CCC(C)C)OC(=O)C(N)C(C)C)c1nc2ccc(-c3ccc(NC(=O)C(C)c4ccc(F)cc4)cc3)cn2n1. The van der Waals surface area contributed by atoms with Crippen LogP contribution in [-0.2, 0) is 28.9 Å². The second-order valence-electron chi connectivity index (χ2n) is 14.4. The van der Waals surface area contributed by atoms with Gasteiger partial charge in [-0.3, -0.25) is 9.59 Å². The minimum absolute atomic E-state index is 0.00576. The van der Waals surface area contributed by atoms with Crippen molar-refractivity contribution >= 4 is 50.8 Å². The summed E-state index contributed by atoms with van der Waals surface area (Å²) in [7, 11) is -2.33. The molecule has 0 spiro atoms. The van der Waals surface area contributed by atoms with Gasteiger partial charge in [-0.25, -0.2) is 27.0 Å². The van der Waals surface area contributed by atoms with Gasteiger partial charge in [0.2, 0.25) is 12.2 Å². The van der Waals surface area contributed by atoms with Gasteiger partial charge in [0.15, 0.2) is 15.5 Å². The molecule has 0 aliphatic carbocycles. The van der Waals surface area contributed by atoms with E-state index < -0.39 is 40.1 Å². The number of hydrogen-bond acceptors (Lipinski definition) is 11. The molecule has 2 amide bonds. The molecule has 16 heteroatoms. The molecule has 0 bridgehead atoms. The van der Waals surface area contributed by atoms with Crippen LogP contribution in [0.25, 0.3) is 16.8 Å². The van der Waals surface area contributed by atoms with E-state index in [1.807, 2.05) is 32.0 Å². The third-order valence-corrected chi connectivity index (χ3v) is 10.3. The molecule has 2 heterocycles. The topological polar surface area (TPSA) is 185 Å². The fourth-order valence-corrected chi connectivity index (χ4v) is 6.29. The Balaban J connectivity index is 1.46. The van der Waals surface area contributed by atoms with Gasteiger partial charge in [0.05, 0.1) is 23.6 Å². The summed E-state index contributed by atoms with van der Waals surface area (Å²) in [6, 6.07) is 19.4. The van der Waals surface area contributed by atoms with Crippen LogP contribution in [0.4, 0.5) is 26.5 Å². The standard InChI is InChI=1S/C41H47FN6O8S/c1-24(2)8-21-36(55-39(50)37(43)25(3)4)56-41(51)48(33-19-18-32(57(7,52)53)22-34(33)54-6)40-45-35-20-13-29(23-47(35)46-40)28-11-16-31(17-12-28)44-38(49)26(5)27-9-14-30(42)15-10-27/h9-20,22-26,36-37H,8,21,43H2,1-7H3,(H,44,49). The Morgan fingerprint density at radius 2 is 1.56 bits per heavy atom. The Bertz CT molecular complexity index is 2330. The second kappa shape index (κ2) is 17.9. The van der Waals surface area contributed by atoms with Crippen molar-refractivity contribution in [3.63, 3.8) is 0 Å². The maximum atomic E-state index is 14.2. The predicted molar refractivity (Wildman–Crippen MR) is 213 cm³/mol. The van der Waals surface area contributed by atoms with Gasteiger partial charge in [0.25, 0.3) is 5.95 Å². The molecule has 14 nitrogen and oxygen atoms in total. The van der Waals surface area contributed by atoms with Gasteiger partial charge < -0.3 is 25.3 Å². The Morgan fingerprint density at radius 1 is 0.895 bits per heavy atom. The average Bonchev–Trinajstić information content (AvgIpc) is 3.59. The second-order valence-corrected chi connectivity index (χ2v) is 16.4. The maximum absolute atomic E-state index is 14.2. The van der Waals surface area contributed by atoms with E-state index in [1.165, 1.54) is 42.0 Å². The highest BCUT2D eigenvalue weighted by molar-refractivity contribution is 7.90. The number of carbonyl (C=O) groups is 3. The maximum Gasteiger partial charge on any atom is 0.424 e. The third-order valence-electron chi connectivity index (χ3n) is 9.22. The van der Waals surface area contributed by atoms with E-state index in [1.54, 1.807) is 57.3 Å². The molecule has 57 heavy (non-hydrogen) atoms. The van der Waals surface area contributed by atoms with Crippen LogP contribution in [0.5, 0.6) is 5.75 Å². The van der Waals surface area contributed by atoms with Gasteiger partial charge in [0, 0.05) is 36.2 Å². The van der Waals surface area contributed by atoms with Gasteiger partial charge in [-0.1, -0.05) is 52.0 Å². The van der Waals surface area contributed by atoms with Crippen molar-refractivity contribution in [2.45, 2.75) is 70.6 Å². The summed E-state index contributed by atoms with van der Waals surface area (Å²) < 4.78 is 56.6. The summed E-state index contributed by atoms with van der Waals surface area (Å²) in [6.07, 6.45) is 1.13. The van der Waals surface area contributed by atoms with Crippen LogP contribution in [0, 0.1) is 17.7 Å². The number of carbonyl (C=O) groups excluding carboxylic acids is 3. The number of methoxy groups -OCH3 is 1. The van der Waals surface area contributed by atoms with Gasteiger partial charge in [-0.15, -0.1) is 5.10 Å². The van der Waals surface area contributed by atoms with Gasteiger partial charge >= 0.3 is 12.1 Å². The molecule has 5 aromatic rings. The zero-order valence-corrected chi connectivity index (χ0v) is 33.6. The minimum atomic E-state index is -3.65. The number of aromatic nitrogens is 3. The number of rotatable bonds is 15. The number of nitrogens with two attached hydrogens (primary N) is 1. The molecule has 0 aliphatic heterocycles. The zero-order chi connectivity index (χ0) is 41.6. The Kier molecular flexibility index (Phi) is 13.3. The summed E-state index contributed by atoms with van der Waals surface area (Å²) in [5, 5.41) is 7.48. The molecule has 3 atom stereocenters. The lowest BCUT2D eigenvalue weighted by Crippen LogP contribution is -2.41. The molecule has 3 N–H and O–H groups in total. The smallest absolute Gasteiger partial charge is 0.424 e. The van der Waals surface area contributed by atoms with Gasteiger partial charge in [-0.05, 0) is 84.8 Å². The first-order chi connectivity index (χ1) is 26.9. The monoisotopic (exact) mass is 802 g/mol. The minimum Gasteiger partial charge on any atom is -0.495 e. The number of anilines is 3. The number of sulfone groups is 1. The number of benzene rings is 3. The number of hydrogen-bond donors (Lipinski definition) is 2. The average molecular weight is 803 g/mol. The largest absolute Gasteiger partial charge is 0.495 e. The lowest BCUT2D eigenvalue weighted by atomic mass is 10.00. The molecule has 0 fully saturated rings. The number of nitrogens with zero attached hydrogens (tertiary/aromatic N) is 4. The van der Waals surface area contributed by atoms with E-state index in [4.69, 9.17) is 19.9 Å². The predicted octanol–water partition coefficient (Wildman–Crippen LogP) is 7.25. The molecule has 2 aromatic heterocycles. The first kappa shape index (κ1) is 42.3. The van der Waals surface area contributed by atoms with Crippen molar-refractivity contribution in [1.82, 2.24) is 14.6 Å². The van der Waals surface area contributed by atoms with Gasteiger partial charge in [-0.2, -0.15) is 4.98 Å². The number of nitrogens with one attached hydrogen (secondary N) is 1. The first-order valence-electron chi connectivity index (χ1n) is 18.3. The fraction of sp³-hybridized carbons (Fsp3) is 0.341. The normalized spacial score (nSPS) is 13.2. The fourth-order valence-electron chi connectivity index (χ4n) is 5.65. The third kappa shape index (κ3) is 10.5. The Labute approximate surface area is 331 Å². The molecular weight excluding hydrogens is 756 g/mol. The van der Waals surface area contributed by atoms with Crippen LogP contribution in [0.3, 0.4) is 0 Å². The number of fused-ring (bicyclic) bond motifs is 1. The molecular formula is C41H47FN6O8S. The number of amides is 2. The molecule has 302 valence electrons. The van der Waals surface area contributed by atoms with Crippen LogP contribution in [0.2, 0.25) is 0 Å². The quantitative estimate of drug-likeness (QED) is 0.0803. The number of halogens is 1. The molecule has 0 aliphatic rings. The van der Waals surface area contributed by atoms with Crippen LogP contribution in [0.1, 0.15) is 58.9 Å². The molecule has 0 saturated carbocycles. The van der Waals surface area contributed by atoms with Gasteiger partial charge in [0.1, 0.15) is 17.6 Å². The summed E-state index contributed by atoms with van der Waals surface area (Å²) in [5.41, 5.74) is 9.21. The zero-order valence-electron chi connectivity index (χ0n) is 32.8. The van der Waals surface area contributed by atoms with Crippen LogP contribution in [-0.4, -0.2) is 66.7 Å². The number of ether oxygens (including phenoxy) is 3. The highest BCUT2D eigenvalue weighted by atomic mass is 32.2. The number of esters is 1. The highest BCUT2D eigenvalue weighted by Gasteiger charge is 2.32. The molecule has 3 aromatic carbocycles. The lowest BCUT2D eigenvalue weighted by Gasteiger charge is -2.26. The molecule has 0 radical (unpaired) electrons. The van der Waals surface area contributed by atoms with E-state index >= 15 is 0 Å². The van der Waals surface area contributed by atoms with E-state index in [9.17, 15) is 27.2 Å². The Morgan fingerprint density at radius 3 is 2.18 bits per heavy atom. The molecule has 5 rings (SSSR count). The van der Waals surface area contributed by atoms with E-state index in [0.717, 1.165) is 22.3 Å². The Hall–Kier alpha value is -5.87. The van der Waals surface area contributed by atoms with Crippen molar-refractivity contribution in [2.24, 2.45) is 17.6 Å². The van der Waals surface area contributed by atoms with Crippen LogP contribution >= 0.6 is 0 Å². The van der Waals surface area contributed by atoms with Crippen molar-refractivity contribution in [3.8, 4) is 16.9 Å². The van der Waals surface area contributed by atoms with E-state index in [0.29, 0.717) is 23.3 Å². The molecule has 3 unspecified atom stereocenters. The summed E-state index contributed by atoms with van der Waals surface area (Å²) >= 11 is 0.